The van der Waals surface area contributed by atoms with Crippen LogP contribution in [-0.4, -0.2) is 27.0 Å². The van der Waals surface area contributed by atoms with Gasteiger partial charge in [0.2, 0.25) is 0 Å². The van der Waals surface area contributed by atoms with Crippen molar-refractivity contribution in [1.29, 1.82) is 0 Å². The van der Waals surface area contributed by atoms with Crippen molar-refractivity contribution >= 4 is 21.4 Å². The van der Waals surface area contributed by atoms with Gasteiger partial charge in [-0.15, -0.1) is 0 Å². The minimum Gasteiger partial charge on any atom is -0.372 e. The Morgan fingerprint density at radius 3 is 2.65 bits per heavy atom. The molecule has 4 nitrogen and oxygen atoms in total. The molecule has 1 aliphatic rings. The summed E-state index contributed by atoms with van der Waals surface area (Å²) in [4.78, 5) is 2.02. The zero-order chi connectivity index (χ0) is 15.0. The van der Waals surface area contributed by atoms with Crippen LogP contribution in [0.15, 0.2) is 18.2 Å². The number of alkyl halides is 3. The first kappa shape index (κ1) is 15.0. The summed E-state index contributed by atoms with van der Waals surface area (Å²) in [5.41, 5.74) is -3.57. The molecule has 1 aromatic carbocycles. The molecule has 0 fully saturated rings. The number of hydrogen-bond donors (Lipinski definition) is 1. The van der Waals surface area contributed by atoms with Gasteiger partial charge in [-0.1, -0.05) is 6.07 Å². The standard InChI is InChI=1S/C12H15F3N2O2S/c1-2-17-7-3-4-9-5-6-10(8-11(9)17)16-20(18,19)12(13,14)15/h5-6,8,16H,2-4,7H2,1H3. The van der Waals surface area contributed by atoms with Crippen molar-refractivity contribution in [2.75, 3.05) is 22.7 Å². The molecule has 0 unspecified atom stereocenters. The van der Waals surface area contributed by atoms with Gasteiger partial charge in [0.25, 0.3) is 0 Å². The summed E-state index contributed by atoms with van der Waals surface area (Å²) in [6.45, 7) is 3.49. The van der Waals surface area contributed by atoms with E-state index >= 15 is 0 Å². The van der Waals surface area contributed by atoms with Crippen LogP contribution < -0.4 is 9.62 Å². The molecular weight excluding hydrogens is 293 g/mol. The minimum absolute atomic E-state index is 0.0681. The number of hydrogen-bond acceptors (Lipinski definition) is 3. The third-order valence-electron chi connectivity index (χ3n) is 3.24. The number of fused-ring (bicyclic) bond motifs is 1. The molecular formula is C12H15F3N2O2S. The van der Waals surface area contributed by atoms with Crippen molar-refractivity contribution in [2.45, 2.75) is 25.3 Å². The lowest BCUT2D eigenvalue weighted by Gasteiger charge is -2.30. The van der Waals surface area contributed by atoms with Crippen molar-refractivity contribution in [2.24, 2.45) is 0 Å². The zero-order valence-corrected chi connectivity index (χ0v) is 11.7. The number of aryl methyl sites for hydroxylation is 1. The number of benzene rings is 1. The predicted octanol–water partition coefficient (Wildman–Crippen LogP) is 2.72. The number of halogens is 3. The van der Waals surface area contributed by atoms with E-state index in [0.29, 0.717) is 0 Å². The van der Waals surface area contributed by atoms with Crippen LogP contribution in [0.2, 0.25) is 0 Å². The quantitative estimate of drug-likeness (QED) is 0.934. The summed E-state index contributed by atoms with van der Waals surface area (Å²) >= 11 is 0. The van der Waals surface area contributed by atoms with E-state index in [1.165, 1.54) is 12.1 Å². The van der Waals surface area contributed by atoms with Crippen molar-refractivity contribution in [3.05, 3.63) is 23.8 Å². The smallest absolute Gasteiger partial charge is 0.372 e. The van der Waals surface area contributed by atoms with E-state index in [2.05, 4.69) is 0 Å². The average Bonchev–Trinajstić information content (AvgIpc) is 2.36. The fraction of sp³-hybridized carbons (Fsp3) is 0.500. The normalized spacial score (nSPS) is 15.9. The van der Waals surface area contributed by atoms with Crippen molar-refractivity contribution in [3.63, 3.8) is 0 Å². The van der Waals surface area contributed by atoms with Crippen LogP contribution in [0.3, 0.4) is 0 Å². The van der Waals surface area contributed by atoms with Crippen molar-refractivity contribution < 1.29 is 21.6 Å². The number of anilines is 2. The predicted molar refractivity (Wildman–Crippen MR) is 71.2 cm³/mol. The Morgan fingerprint density at radius 1 is 1.35 bits per heavy atom. The molecule has 0 bridgehead atoms. The van der Waals surface area contributed by atoms with Crippen LogP contribution in [0.1, 0.15) is 18.9 Å². The summed E-state index contributed by atoms with van der Waals surface area (Å²) in [5, 5.41) is 0. The number of nitrogens with one attached hydrogen (secondary N) is 1. The monoisotopic (exact) mass is 308 g/mol. The second-order valence-electron chi connectivity index (χ2n) is 4.58. The van der Waals surface area contributed by atoms with E-state index in [0.717, 1.165) is 37.2 Å². The second-order valence-corrected chi connectivity index (χ2v) is 6.25. The molecule has 0 atom stereocenters. The summed E-state index contributed by atoms with van der Waals surface area (Å²) in [6, 6.07) is 4.49. The van der Waals surface area contributed by atoms with Gasteiger partial charge in [0.15, 0.2) is 0 Å². The third-order valence-corrected chi connectivity index (χ3v) is 4.35. The van der Waals surface area contributed by atoms with E-state index in [4.69, 9.17) is 0 Å². The average molecular weight is 308 g/mol. The van der Waals surface area contributed by atoms with Gasteiger partial charge in [0, 0.05) is 18.8 Å². The van der Waals surface area contributed by atoms with E-state index < -0.39 is 15.5 Å². The van der Waals surface area contributed by atoms with Crippen LogP contribution in [0.25, 0.3) is 0 Å². The van der Waals surface area contributed by atoms with Crippen LogP contribution in [0.4, 0.5) is 24.5 Å². The number of nitrogens with zero attached hydrogens (tertiary/aromatic N) is 1. The molecule has 0 spiro atoms. The van der Waals surface area contributed by atoms with E-state index in [9.17, 15) is 21.6 Å². The lowest BCUT2D eigenvalue weighted by molar-refractivity contribution is -0.0429. The third kappa shape index (κ3) is 2.84. The minimum atomic E-state index is -5.37. The van der Waals surface area contributed by atoms with Crippen LogP contribution in [0.5, 0.6) is 0 Å². The van der Waals surface area contributed by atoms with E-state index in [1.54, 1.807) is 10.8 Å². The fourth-order valence-corrected chi connectivity index (χ4v) is 2.81. The molecule has 1 heterocycles. The number of rotatable bonds is 3. The summed E-state index contributed by atoms with van der Waals surface area (Å²) < 4.78 is 60.8. The van der Waals surface area contributed by atoms with Crippen molar-refractivity contribution in [3.8, 4) is 0 Å². The molecule has 20 heavy (non-hydrogen) atoms. The van der Waals surface area contributed by atoms with Gasteiger partial charge in [0.05, 0.1) is 5.69 Å². The van der Waals surface area contributed by atoms with Crippen LogP contribution in [-0.2, 0) is 16.4 Å². The van der Waals surface area contributed by atoms with Crippen molar-refractivity contribution in [1.82, 2.24) is 0 Å². The Labute approximate surface area is 115 Å². The molecule has 0 radical (unpaired) electrons. The van der Waals surface area contributed by atoms with Gasteiger partial charge in [0.1, 0.15) is 0 Å². The Bertz CT molecular complexity index is 599. The Hall–Kier alpha value is -1.44. The largest absolute Gasteiger partial charge is 0.516 e. The highest BCUT2D eigenvalue weighted by Gasteiger charge is 2.46. The Kier molecular flexibility index (Phi) is 3.86. The molecule has 112 valence electrons. The molecule has 1 N–H and O–H groups in total. The first-order chi connectivity index (χ1) is 9.24. The molecule has 1 aliphatic heterocycles. The molecule has 2 rings (SSSR count). The highest BCUT2D eigenvalue weighted by Crippen LogP contribution is 2.32. The van der Waals surface area contributed by atoms with Gasteiger partial charge in [-0.25, -0.2) is 0 Å². The second kappa shape index (κ2) is 5.16. The first-order valence-electron chi connectivity index (χ1n) is 6.21. The molecule has 0 saturated carbocycles. The Morgan fingerprint density at radius 2 is 2.05 bits per heavy atom. The molecule has 0 saturated heterocycles. The summed E-state index contributed by atoms with van der Waals surface area (Å²) in [6.07, 6.45) is 1.83. The van der Waals surface area contributed by atoms with E-state index in [1.807, 2.05) is 11.8 Å². The highest BCUT2D eigenvalue weighted by atomic mass is 32.2. The molecule has 0 aromatic heterocycles. The van der Waals surface area contributed by atoms with Gasteiger partial charge in [-0.2, -0.15) is 21.6 Å². The topological polar surface area (TPSA) is 49.4 Å². The van der Waals surface area contributed by atoms with Gasteiger partial charge in [-0.3, -0.25) is 4.72 Å². The highest BCUT2D eigenvalue weighted by molar-refractivity contribution is 7.93. The van der Waals surface area contributed by atoms with Gasteiger partial charge in [-0.05, 0) is 37.5 Å². The lowest BCUT2D eigenvalue weighted by atomic mass is 10.0. The maximum Gasteiger partial charge on any atom is 0.516 e. The maximum atomic E-state index is 12.3. The van der Waals surface area contributed by atoms with Crippen LogP contribution >= 0.6 is 0 Å². The fourth-order valence-electron chi connectivity index (χ4n) is 2.26. The Balaban J connectivity index is 2.32. The molecule has 0 aliphatic carbocycles. The molecule has 0 amide bonds. The maximum absolute atomic E-state index is 12.3. The molecule has 1 aromatic rings. The molecule has 8 heteroatoms. The SMILES string of the molecule is CCN1CCCc2ccc(NS(=O)(=O)C(F)(F)F)cc21. The van der Waals surface area contributed by atoms with Gasteiger partial charge >= 0.3 is 15.5 Å². The lowest BCUT2D eigenvalue weighted by Crippen LogP contribution is -2.31. The van der Waals surface area contributed by atoms with Crippen LogP contribution in [0, 0.1) is 0 Å². The summed E-state index contributed by atoms with van der Waals surface area (Å²) in [5.74, 6) is 0. The van der Waals surface area contributed by atoms with E-state index in [-0.39, 0.29) is 5.69 Å². The van der Waals surface area contributed by atoms with Gasteiger partial charge < -0.3 is 4.90 Å². The number of sulfonamides is 1. The summed E-state index contributed by atoms with van der Waals surface area (Å²) in [7, 11) is -5.37. The first-order valence-corrected chi connectivity index (χ1v) is 7.70. The zero-order valence-electron chi connectivity index (χ0n) is 10.9.